The van der Waals surface area contributed by atoms with E-state index >= 15 is 0 Å². The van der Waals surface area contributed by atoms with Crippen LogP contribution in [0.4, 0.5) is 5.69 Å². The van der Waals surface area contributed by atoms with Gasteiger partial charge in [-0.05, 0) is 25.0 Å². The topological polar surface area (TPSA) is 131 Å². The number of anilines is 1. The minimum absolute atomic E-state index is 0.00216. The van der Waals surface area contributed by atoms with E-state index in [1.165, 1.54) is 12.3 Å². The molecule has 2 rings (SSSR count). The number of hydrogen-bond acceptors (Lipinski definition) is 5. The molecule has 0 spiro atoms. The summed E-state index contributed by atoms with van der Waals surface area (Å²) >= 11 is -2.81. The molecule has 0 radical (unpaired) electrons. The third kappa shape index (κ3) is 4.99. The van der Waals surface area contributed by atoms with Gasteiger partial charge in [-0.15, -0.1) is 0 Å². The third-order valence-electron chi connectivity index (χ3n) is 3.95. The second-order valence-corrected chi connectivity index (χ2v) is 6.57. The average Bonchev–Trinajstić information content (AvgIpc) is 2.59. The van der Waals surface area contributed by atoms with Crippen molar-refractivity contribution in [2.24, 2.45) is 0 Å². The summed E-state index contributed by atoms with van der Waals surface area (Å²) in [4.78, 5) is 26.4. The van der Waals surface area contributed by atoms with E-state index in [0.29, 0.717) is 30.2 Å². The lowest BCUT2D eigenvalue weighted by atomic mass is 10.1. The molecule has 2 aromatic rings. The average molecular weight is 379 g/mol. The Morgan fingerprint density at radius 2 is 1.88 bits per heavy atom. The highest BCUT2D eigenvalue weighted by Gasteiger charge is 2.28. The highest BCUT2D eigenvalue weighted by molar-refractivity contribution is 7.80. The van der Waals surface area contributed by atoms with Crippen LogP contribution in [0.25, 0.3) is 10.9 Å². The lowest BCUT2D eigenvalue weighted by molar-refractivity contribution is -0.139. The van der Waals surface area contributed by atoms with Crippen molar-refractivity contribution in [1.82, 2.24) is 4.98 Å². The molecule has 140 valence electrons. The molecule has 0 aliphatic rings. The Kier molecular flexibility index (Phi) is 7.05. The van der Waals surface area contributed by atoms with Crippen molar-refractivity contribution in [2.75, 3.05) is 4.31 Å². The van der Waals surface area contributed by atoms with Gasteiger partial charge in [-0.1, -0.05) is 31.0 Å². The molecule has 9 heteroatoms. The molecule has 0 bridgehead atoms. The third-order valence-corrected chi connectivity index (χ3v) is 4.72. The number of nitrogens with zero attached hydrogens (tertiary/aromatic N) is 2. The van der Waals surface area contributed by atoms with E-state index in [0.717, 1.165) is 4.31 Å². The molecule has 1 heterocycles. The van der Waals surface area contributed by atoms with Gasteiger partial charge in [-0.2, -0.15) is 0 Å². The summed E-state index contributed by atoms with van der Waals surface area (Å²) in [7, 11) is 0. The van der Waals surface area contributed by atoms with E-state index in [1.54, 1.807) is 24.3 Å². The number of para-hydroxylation sites is 1. The summed E-state index contributed by atoms with van der Waals surface area (Å²) in [6, 6.07) is 7.11. The van der Waals surface area contributed by atoms with Gasteiger partial charge < -0.3 is 14.8 Å². The van der Waals surface area contributed by atoms with E-state index in [1.807, 2.05) is 0 Å². The van der Waals surface area contributed by atoms with Crippen molar-refractivity contribution in [3.8, 4) is 0 Å². The van der Waals surface area contributed by atoms with E-state index in [4.69, 9.17) is 5.11 Å². The molecule has 0 saturated heterocycles. The van der Waals surface area contributed by atoms with Crippen molar-refractivity contribution in [3.63, 3.8) is 0 Å². The molecule has 0 amide bonds. The molecule has 0 aliphatic carbocycles. The molecule has 1 aromatic heterocycles. The fourth-order valence-electron chi connectivity index (χ4n) is 2.75. The van der Waals surface area contributed by atoms with Crippen LogP contribution in [-0.4, -0.2) is 41.9 Å². The second kappa shape index (κ2) is 9.25. The molecule has 0 saturated carbocycles. The number of fused-ring (bicyclic) bond motifs is 1. The predicted molar refractivity (Wildman–Crippen MR) is 95.3 cm³/mol. The van der Waals surface area contributed by atoms with Crippen molar-refractivity contribution in [2.45, 2.75) is 38.1 Å². The summed E-state index contributed by atoms with van der Waals surface area (Å²) in [5.41, 5.74) is 0.602. The zero-order valence-electron chi connectivity index (χ0n) is 13.9. The number of aliphatic carboxylic acids is 2. The van der Waals surface area contributed by atoms with E-state index in [9.17, 15) is 23.5 Å². The fourth-order valence-corrected chi connectivity index (χ4v) is 3.46. The smallest absolute Gasteiger partial charge is 0.327 e. The van der Waals surface area contributed by atoms with E-state index in [2.05, 4.69) is 4.98 Å². The first-order valence-electron chi connectivity index (χ1n) is 8.08. The summed E-state index contributed by atoms with van der Waals surface area (Å²) in [6.07, 6.45) is 2.91. The van der Waals surface area contributed by atoms with Crippen LogP contribution in [0.5, 0.6) is 0 Å². The highest BCUT2D eigenvalue weighted by Crippen LogP contribution is 2.29. The van der Waals surface area contributed by atoms with Gasteiger partial charge in [0.15, 0.2) is 0 Å². The van der Waals surface area contributed by atoms with Crippen LogP contribution in [-0.2, 0) is 20.9 Å². The number of benzene rings is 1. The van der Waals surface area contributed by atoms with Crippen LogP contribution in [0.2, 0.25) is 0 Å². The Bertz CT molecular complexity index is 807. The van der Waals surface area contributed by atoms with Crippen LogP contribution >= 0.6 is 0 Å². The number of hydrogen-bond donors (Lipinski definition) is 2. The van der Waals surface area contributed by atoms with Crippen LogP contribution in [0, 0.1) is 0 Å². The minimum Gasteiger partial charge on any atom is -0.755 e. The zero-order valence-corrected chi connectivity index (χ0v) is 14.7. The van der Waals surface area contributed by atoms with E-state index in [-0.39, 0.29) is 18.5 Å². The molecule has 2 N–H and O–H groups in total. The summed E-state index contributed by atoms with van der Waals surface area (Å²) in [5.74, 6) is -2.18. The van der Waals surface area contributed by atoms with Crippen molar-refractivity contribution in [3.05, 3.63) is 36.5 Å². The first-order chi connectivity index (χ1) is 12.4. The summed E-state index contributed by atoms with van der Waals surface area (Å²) < 4.78 is 24.5. The normalized spacial score (nSPS) is 13.3. The fraction of sp³-hybridized carbons (Fsp3) is 0.353. The monoisotopic (exact) mass is 379 g/mol. The van der Waals surface area contributed by atoms with Crippen molar-refractivity contribution < 1.29 is 28.6 Å². The molecule has 2 unspecified atom stereocenters. The van der Waals surface area contributed by atoms with Crippen LogP contribution in [0.3, 0.4) is 0 Å². The molecule has 2 atom stereocenters. The van der Waals surface area contributed by atoms with Gasteiger partial charge in [0.25, 0.3) is 0 Å². The van der Waals surface area contributed by atoms with Crippen LogP contribution in [0.1, 0.15) is 32.1 Å². The molecule has 1 aromatic carbocycles. The largest absolute Gasteiger partial charge is 0.755 e. The Balaban J connectivity index is 2.25. The molecule has 0 aliphatic heterocycles. The van der Waals surface area contributed by atoms with Gasteiger partial charge in [0.05, 0.1) is 11.2 Å². The molecular formula is C17H19N2O6S-. The second-order valence-electron chi connectivity index (χ2n) is 5.74. The maximum Gasteiger partial charge on any atom is 0.327 e. The Morgan fingerprint density at radius 1 is 1.15 bits per heavy atom. The number of carboxylic acids is 2. The van der Waals surface area contributed by atoms with Gasteiger partial charge in [0.2, 0.25) is 0 Å². The molecule has 26 heavy (non-hydrogen) atoms. The maximum atomic E-state index is 11.8. The minimum atomic E-state index is -2.81. The Hall–Kier alpha value is -2.52. The Morgan fingerprint density at radius 3 is 2.54 bits per heavy atom. The first kappa shape index (κ1) is 19.8. The van der Waals surface area contributed by atoms with Gasteiger partial charge in [0.1, 0.15) is 6.04 Å². The number of carboxylic acid groups (broad SMARTS) is 2. The first-order valence-corrected chi connectivity index (χ1v) is 9.12. The number of aromatic nitrogens is 1. The highest BCUT2D eigenvalue weighted by atomic mass is 32.2. The lowest BCUT2D eigenvalue weighted by Crippen LogP contribution is -2.42. The molecule has 0 fully saturated rings. The number of unbranched alkanes of at least 4 members (excludes halogenated alkanes) is 2. The summed E-state index contributed by atoms with van der Waals surface area (Å²) in [6.45, 7) is 0. The van der Waals surface area contributed by atoms with Crippen molar-refractivity contribution in [1.29, 1.82) is 0 Å². The molecular weight excluding hydrogens is 360 g/mol. The standard InChI is InChI=1S/C17H20N2O6S/c20-15(21)10-3-1-2-8-14(17(22)23)19(26(24)25)13-9-4-6-12-7-5-11-18-16(12)13/h4-7,9,11,14H,1-3,8,10H2,(H,20,21)(H,22,23)(H,24,25)/p-1. The predicted octanol–water partition coefficient (Wildman–Crippen LogP) is 2.32. The van der Waals surface area contributed by atoms with Gasteiger partial charge in [-0.3, -0.25) is 18.3 Å². The SMILES string of the molecule is O=C(O)CCCCCC(C(=O)O)N(c1cccc2cccnc12)S(=O)[O-]. The quantitative estimate of drug-likeness (QED) is 0.478. The van der Waals surface area contributed by atoms with Crippen LogP contribution < -0.4 is 4.31 Å². The summed E-state index contributed by atoms with van der Waals surface area (Å²) in [5, 5.41) is 18.9. The van der Waals surface area contributed by atoms with Crippen molar-refractivity contribution >= 4 is 39.8 Å². The number of carbonyl (C=O) groups is 2. The van der Waals surface area contributed by atoms with Gasteiger partial charge in [0, 0.05) is 29.3 Å². The lowest BCUT2D eigenvalue weighted by Gasteiger charge is -2.32. The van der Waals surface area contributed by atoms with Crippen LogP contribution in [0.15, 0.2) is 36.5 Å². The number of rotatable bonds is 10. The van der Waals surface area contributed by atoms with Gasteiger partial charge >= 0.3 is 11.9 Å². The number of pyridine rings is 1. The Labute approximate surface area is 152 Å². The molecule has 8 nitrogen and oxygen atoms in total. The van der Waals surface area contributed by atoms with E-state index < -0.39 is 29.2 Å². The maximum absolute atomic E-state index is 11.8. The zero-order chi connectivity index (χ0) is 19.1. The van der Waals surface area contributed by atoms with Gasteiger partial charge in [-0.25, -0.2) is 4.79 Å².